The van der Waals surface area contributed by atoms with Crippen LogP contribution in [0.25, 0.3) is 10.9 Å². The third-order valence-electron chi connectivity index (χ3n) is 6.59. The highest BCUT2D eigenvalue weighted by Gasteiger charge is 2.24. The third-order valence-corrected chi connectivity index (χ3v) is 6.59. The van der Waals surface area contributed by atoms with Crippen LogP contribution in [-0.2, 0) is 40.1 Å². The molecule has 226 valence electrons. The lowest BCUT2D eigenvalue weighted by atomic mass is 9.97. The summed E-state index contributed by atoms with van der Waals surface area (Å²) < 4.78 is 0. The Bertz CT molecular complexity index is 1450. The quantitative estimate of drug-likeness (QED) is 0.170. The van der Waals surface area contributed by atoms with Crippen molar-refractivity contribution in [1.82, 2.24) is 10.3 Å². The van der Waals surface area contributed by atoms with Crippen LogP contribution in [0.1, 0.15) is 47.8 Å². The van der Waals surface area contributed by atoms with Crippen LogP contribution in [0.15, 0.2) is 53.3 Å². The van der Waals surface area contributed by atoms with E-state index in [0.717, 1.165) is 25.7 Å². The zero-order chi connectivity index (χ0) is 31.4. The number of aliphatic hydroxyl groups is 2. The van der Waals surface area contributed by atoms with Gasteiger partial charge in [-0.3, -0.25) is 4.79 Å². The molecule has 1 aliphatic carbocycles. The van der Waals surface area contributed by atoms with E-state index >= 15 is 0 Å². The number of aliphatic carboxylic acids is 3. The number of carboxylic acid groups (broad SMARTS) is 3. The Morgan fingerprint density at radius 1 is 0.952 bits per heavy atom. The Balaban J connectivity index is 0.000000398. The number of aliphatic hydroxyl groups excluding tert-OH is 2. The number of aryl methyl sites for hydroxylation is 2. The van der Waals surface area contributed by atoms with Crippen molar-refractivity contribution in [2.24, 2.45) is 0 Å². The first-order chi connectivity index (χ1) is 19.9. The molecule has 0 spiro atoms. The van der Waals surface area contributed by atoms with Crippen LogP contribution in [0.2, 0.25) is 0 Å². The van der Waals surface area contributed by atoms with Gasteiger partial charge in [0.2, 0.25) is 5.56 Å². The number of rotatable bonds is 9. The van der Waals surface area contributed by atoms with E-state index in [1.807, 2.05) is 0 Å². The molecule has 2 aromatic carbocycles. The molecule has 0 amide bonds. The topological polar surface area (TPSA) is 217 Å². The van der Waals surface area contributed by atoms with Gasteiger partial charge in [0.1, 0.15) is 12.4 Å². The molecule has 0 saturated carbocycles. The average Bonchev–Trinajstić information content (AvgIpc) is 3.36. The number of nitrogens with one attached hydrogen (secondary N) is 2. The number of phenolic OH excluding ortho intramolecular Hbond substituents is 1. The first-order valence-electron chi connectivity index (χ1n) is 13.3. The maximum Gasteiger partial charge on any atom is 0.329 e. The molecule has 1 heterocycles. The summed E-state index contributed by atoms with van der Waals surface area (Å²) in [7, 11) is 0. The molecule has 3 aromatic rings. The van der Waals surface area contributed by atoms with E-state index in [4.69, 9.17) is 25.2 Å². The summed E-state index contributed by atoms with van der Waals surface area (Å²) in [6.07, 6.45) is 4.45. The van der Waals surface area contributed by atoms with Crippen molar-refractivity contribution in [3.05, 3.63) is 86.7 Å². The Labute approximate surface area is 241 Å². The van der Waals surface area contributed by atoms with E-state index in [2.05, 4.69) is 36.3 Å². The molecule has 12 heteroatoms. The van der Waals surface area contributed by atoms with Gasteiger partial charge < -0.3 is 40.9 Å². The number of benzene rings is 2. The van der Waals surface area contributed by atoms with Gasteiger partial charge >= 0.3 is 17.9 Å². The predicted octanol–water partition coefficient (Wildman–Crippen LogP) is 1.92. The van der Waals surface area contributed by atoms with E-state index in [1.54, 1.807) is 12.1 Å². The number of pyridine rings is 1. The minimum absolute atomic E-state index is 0.00584. The summed E-state index contributed by atoms with van der Waals surface area (Å²) in [5.74, 6) is -3.70. The minimum atomic E-state index is -1.26. The smallest absolute Gasteiger partial charge is 0.329 e. The second-order valence-electron chi connectivity index (χ2n) is 9.47. The normalized spacial score (nSPS) is 13.0. The third kappa shape index (κ3) is 9.84. The van der Waals surface area contributed by atoms with Gasteiger partial charge in [0.05, 0.1) is 11.6 Å². The Morgan fingerprint density at radius 2 is 1.48 bits per heavy atom. The zero-order valence-electron chi connectivity index (χ0n) is 23.3. The van der Waals surface area contributed by atoms with Crippen LogP contribution in [0, 0.1) is 0 Å². The molecule has 1 atom stereocenters. The molecule has 12 nitrogen and oxygen atoms in total. The number of aromatic nitrogens is 1. The predicted molar refractivity (Wildman–Crippen MR) is 155 cm³/mol. The average molecular weight is 585 g/mol. The second kappa shape index (κ2) is 16.1. The van der Waals surface area contributed by atoms with Crippen molar-refractivity contribution in [1.29, 1.82) is 0 Å². The lowest BCUT2D eigenvalue weighted by Crippen LogP contribution is -2.33. The lowest BCUT2D eigenvalue weighted by molar-refractivity contribution is -0.140. The number of carbonyl (C=O) groups is 3. The van der Waals surface area contributed by atoms with Gasteiger partial charge in [-0.1, -0.05) is 32.0 Å². The van der Waals surface area contributed by atoms with Crippen molar-refractivity contribution in [3.63, 3.8) is 0 Å². The van der Waals surface area contributed by atoms with Crippen molar-refractivity contribution in [2.45, 2.75) is 51.7 Å². The van der Waals surface area contributed by atoms with E-state index in [9.17, 15) is 24.6 Å². The molecule has 8 N–H and O–H groups in total. The first kappa shape index (κ1) is 33.7. The molecule has 1 aliphatic rings. The van der Waals surface area contributed by atoms with Crippen LogP contribution in [0.3, 0.4) is 0 Å². The fraction of sp³-hybridized carbons (Fsp3) is 0.333. The number of carboxylic acids is 3. The van der Waals surface area contributed by atoms with E-state index in [1.165, 1.54) is 34.4 Å². The van der Waals surface area contributed by atoms with E-state index in [0.29, 0.717) is 41.2 Å². The number of H-pyrrole nitrogens is 1. The highest BCUT2D eigenvalue weighted by Crippen LogP contribution is 2.30. The summed E-state index contributed by atoms with van der Waals surface area (Å²) >= 11 is 0. The first-order valence-corrected chi connectivity index (χ1v) is 13.3. The minimum Gasteiger partial charge on any atom is -0.506 e. The van der Waals surface area contributed by atoms with Gasteiger partial charge in [0.25, 0.3) is 0 Å². The second-order valence-corrected chi connectivity index (χ2v) is 9.47. The largest absolute Gasteiger partial charge is 0.506 e. The van der Waals surface area contributed by atoms with Gasteiger partial charge in [-0.2, -0.15) is 0 Å². The molecule has 0 aliphatic heterocycles. The lowest BCUT2D eigenvalue weighted by Gasteiger charge is -2.18. The van der Waals surface area contributed by atoms with Crippen LogP contribution < -0.4 is 10.9 Å². The fourth-order valence-corrected chi connectivity index (χ4v) is 4.66. The zero-order valence-corrected chi connectivity index (χ0v) is 23.3. The van der Waals surface area contributed by atoms with E-state index < -0.39 is 30.6 Å². The molecule has 1 unspecified atom stereocenters. The Morgan fingerprint density at radius 3 is 1.93 bits per heavy atom. The summed E-state index contributed by atoms with van der Waals surface area (Å²) in [5.41, 5.74) is 6.49. The van der Waals surface area contributed by atoms with E-state index in [-0.39, 0.29) is 11.3 Å². The molecule has 0 fully saturated rings. The maximum absolute atomic E-state index is 11.6. The summed E-state index contributed by atoms with van der Waals surface area (Å²) in [4.78, 5) is 42.4. The molecule has 42 heavy (non-hydrogen) atoms. The summed E-state index contributed by atoms with van der Waals surface area (Å²) in [6.45, 7) is 4.05. The monoisotopic (exact) mass is 584 g/mol. The van der Waals surface area contributed by atoms with Crippen molar-refractivity contribution >= 4 is 28.8 Å². The standard InChI is InChI=1S/C24H28N2O3.C4H4O4.C2H4O3/c1-3-14-9-16-11-18(12-17(16)10-15(14)4-2)25-13-22(28)19-5-7-21(27)24-20(19)6-8-23(29)26-24;5-3(6)1-2-4(7)8;3-1-2(4)5/h5-10,18,22,25,27-28H,3-4,11-13H2,1-2H3,(H,26,29);1-2H,(H,5,6)(H,7,8);3H,1H2,(H,4,5). The Hall–Kier alpha value is -4.52. The molecule has 0 saturated heterocycles. The molecule has 0 bridgehead atoms. The van der Waals surface area contributed by atoms with Crippen LogP contribution >= 0.6 is 0 Å². The van der Waals surface area contributed by atoms with Crippen LogP contribution in [0.4, 0.5) is 0 Å². The number of fused-ring (bicyclic) bond motifs is 2. The van der Waals surface area contributed by atoms with Gasteiger partial charge in [-0.25, -0.2) is 14.4 Å². The number of hydrogen-bond donors (Lipinski definition) is 8. The van der Waals surface area contributed by atoms with Gasteiger partial charge in [-0.05, 0) is 65.6 Å². The molecule has 4 rings (SSSR count). The maximum atomic E-state index is 11.6. The summed E-state index contributed by atoms with van der Waals surface area (Å²) in [6, 6.07) is 11.3. The van der Waals surface area contributed by atoms with Crippen molar-refractivity contribution < 1.29 is 45.0 Å². The highest BCUT2D eigenvalue weighted by molar-refractivity contribution is 5.89. The molecule has 0 radical (unpaired) electrons. The number of aromatic hydroxyl groups is 1. The Kier molecular flexibility index (Phi) is 12.9. The van der Waals surface area contributed by atoms with Crippen LogP contribution in [0.5, 0.6) is 5.75 Å². The van der Waals surface area contributed by atoms with Crippen LogP contribution in [-0.4, -0.2) is 72.7 Å². The molecular formula is C30H36N2O10. The highest BCUT2D eigenvalue weighted by atomic mass is 16.4. The van der Waals surface area contributed by atoms with Gasteiger partial charge in [0.15, 0.2) is 0 Å². The fourth-order valence-electron chi connectivity index (χ4n) is 4.66. The van der Waals surface area contributed by atoms with Gasteiger partial charge in [-0.15, -0.1) is 0 Å². The number of phenols is 1. The van der Waals surface area contributed by atoms with Crippen molar-refractivity contribution in [2.75, 3.05) is 13.2 Å². The molecule has 1 aromatic heterocycles. The summed E-state index contributed by atoms with van der Waals surface area (Å²) in [5, 5.41) is 55.6. The number of aromatic amines is 1. The van der Waals surface area contributed by atoms with Gasteiger partial charge in [0, 0.05) is 36.2 Å². The number of hydrogen-bond acceptors (Lipinski definition) is 8. The SMILES string of the molecule is CCc1cc2c(cc1CC)CC(NCC(O)c1ccc(O)c3[nH]c(=O)ccc13)C2.O=C(O)C=CC(=O)O.O=C(O)CO. The molecular weight excluding hydrogens is 548 g/mol. The van der Waals surface area contributed by atoms with Crippen molar-refractivity contribution in [3.8, 4) is 5.75 Å².